The maximum Gasteiger partial charge on any atom is 0.0639 e. The van der Waals surface area contributed by atoms with Crippen molar-refractivity contribution in [1.29, 1.82) is 0 Å². The fourth-order valence-corrected chi connectivity index (χ4v) is 2.20. The number of aromatic nitrogens is 1. The molecule has 1 aromatic heterocycles. The van der Waals surface area contributed by atoms with Gasteiger partial charge in [-0.2, -0.15) is 0 Å². The molecule has 0 aliphatic carbocycles. The summed E-state index contributed by atoms with van der Waals surface area (Å²) in [4.78, 5) is 4.31. The first-order valence-electron chi connectivity index (χ1n) is 7.54. The fourth-order valence-electron chi connectivity index (χ4n) is 2.20. The summed E-state index contributed by atoms with van der Waals surface area (Å²) in [6.07, 6.45) is 2.94. The molecule has 1 heterocycles. The van der Waals surface area contributed by atoms with Crippen LogP contribution in [-0.4, -0.2) is 24.7 Å². The molecule has 21 heavy (non-hydrogen) atoms. The highest BCUT2D eigenvalue weighted by molar-refractivity contribution is 6.00. The number of ether oxygens (including phenoxy) is 1. The lowest BCUT2D eigenvalue weighted by Gasteiger charge is -2.12. The van der Waals surface area contributed by atoms with Gasteiger partial charge in [-0.15, -0.1) is 0 Å². The normalized spacial score (nSPS) is 11.2. The van der Waals surface area contributed by atoms with Crippen molar-refractivity contribution in [2.75, 3.05) is 30.8 Å². The molecule has 4 nitrogen and oxygen atoms in total. The van der Waals surface area contributed by atoms with E-state index in [1.54, 1.807) is 0 Å². The van der Waals surface area contributed by atoms with Crippen molar-refractivity contribution in [3.8, 4) is 0 Å². The molecule has 0 radical (unpaired) electrons. The Kier molecular flexibility index (Phi) is 5.39. The number of hydrogen-bond donors (Lipinski definition) is 2. The molecule has 0 fully saturated rings. The lowest BCUT2D eigenvalue weighted by atomic mass is 10.1. The number of anilines is 2. The zero-order valence-electron chi connectivity index (χ0n) is 13.1. The number of rotatable bonds is 7. The molecule has 0 bridgehead atoms. The van der Waals surface area contributed by atoms with Gasteiger partial charge in [-0.25, -0.2) is 0 Å². The first-order chi connectivity index (χ1) is 10.1. The molecule has 2 aromatic rings. The van der Waals surface area contributed by atoms with Crippen LogP contribution in [0.2, 0.25) is 0 Å². The van der Waals surface area contributed by atoms with E-state index < -0.39 is 0 Å². The molecule has 0 saturated heterocycles. The van der Waals surface area contributed by atoms with Crippen LogP contribution >= 0.6 is 0 Å². The van der Waals surface area contributed by atoms with E-state index >= 15 is 0 Å². The summed E-state index contributed by atoms with van der Waals surface area (Å²) in [6, 6.07) is 6.00. The summed E-state index contributed by atoms with van der Waals surface area (Å²) < 4.78 is 5.63. The van der Waals surface area contributed by atoms with Crippen molar-refractivity contribution in [1.82, 2.24) is 4.98 Å². The Morgan fingerprint density at radius 3 is 2.81 bits per heavy atom. The third-order valence-electron chi connectivity index (χ3n) is 3.47. The first-order valence-corrected chi connectivity index (χ1v) is 7.54. The van der Waals surface area contributed by atoms with Crippen LogP contribution in [0, 0.1) is 12.8 Å². The summed E-state index contributed by atoms with van der Waals surface area (Å²) in [6.45, 7) is 8.73. The van der Waals surface area contributed by atoms with Gasteiger partial charge in [0.2, 0.25) is 0 Å². The maximum atomic E-state index is 6.01. The molecule has 0 saturated carbocycles. The maximum absolute atomic E-state index is 6.01. The van der Waals surface area contributed by atoms with Crippen LogP contribution in [-0.2, 0) is 4.74 Å². The first kappa shape index (κ1) is 15.6. The highest BCUT2D eigenvalue weighted by Gasteiger charge is 2.05. The highest BCUT2D eigenvalue weighted by Crippen LogP contribution is 2.28. The van der Waals surface area contributed by atoms with Crippen molar-refractivity contribution in [2.45, 2.75) is 27.2 Å². The fraction of sp³-hybridized carbons (Fsp3) is 0.471. The summed E-state index contributed by atoms with van der Waals surface area (Å²) in [5, 5.41) is 5.53. The minimum atomic E-state index is 0.689. The summed E-state index contributed by atoms with van der Waals surface area (Å²) in [5.74, 6) is 0.689. The number of benzene rings is 1. The Balaban J connectivity index is 1.96. The minimum absolute atomic E-state index is 0.689. The summed E-state index contributed by atoms with van der Waals surface area (Å²) in [7, 11) is 0. The lowest BCUT2D eigenvalue weighted by molar-refractivity contribution is 0.133. The van der Waals surface area contributed by atoms with Crippen LogP contribution in [0.3, 0.4) is 0 Å². The average Bonchev–Trinajstić information content (AvgIpc) is 2.44. The second-order valence-electron chi connectivity index (χ2n) is 5.80. The Morgan fingerprint density at radius 2 is 2.05 bits per heavy atom. The van der Waals surface area contributed by atoms with Crippen molar-refractivity contribution >= 4 is 22.1 Å². The quantitative estimate of drug-likeness (QED) is 0.603. The molecule has 0 amide bonds. The zero-order valence-corrected chi connectivity index (χ0v) is 13.1. The topological polar surface area (TPSA) is 60.2 Å². The third kappa shape index (κ3) is 4.33. The average molecular weight is 287 g/mol. The predicted octanol–water partition coefficient (Wildman–Crippen LogP) is 3.60. The Hall–Kier alpha value is -1.81. The Bertz CT molecular complexity index is 596. The lowest BCUT2D eigenvalue weighted by Crippen LogP contribution is -2.11. The van der Waals surface area contributed by atoms with E-state index in [2.05, 4.69) is 30.2 Å². The molecule has 0 unspecified atom stereocenters. The summed E-state index contributed by atoms with van der Waals surface area (Å²) >= 11 is 0. The zero-order chi connectivity index (χ0) is 15.2. The van der Waals surface area contributed by atoms with E-state index in [4.69, 9.17) is 10.5 Å². The van der Waals surface area contributed by atoms with Gasteiger partial charge in [-0.05, 0) is 37.5 Å². The molecule has 0 aliphatic heterocycles. The predicted molar refractivity (Wildman–Crippen MR) is 89.7 cm³/mol. The van der Waals surface area contributed by atoms with Crippen LogP contribution in [0.4, 0.5) is 11.4 Å². The molecule has 2 rings (SSSR count). The van der Waals surface area contributed by atoms with E-state index in [0.717, 1.165) is 47.4 Å². The second kappa shape index (κ2) is 7.27. The Morgan fingerprint density at radius 1 is 1.24 bits per heavy atom. The molecule has 114 valence electrons. The molecular formula is C17H25N3O. The SMILES string of the molecule is Cc1cc2c(NCCOCCC(C)C)ccc(N)c2cn1. The smallest absolute Gasteiger partial charge is 0.0639 e. The van der Waals surface area contributed by atoms with Gasteiger partial charge >= 0.3 is 0 Å². The molecule has 1 aromatic carbocycles. The number of nitrogens with one attached hydrogen (secondary N) is 1. The van der Waals surface area contributed by atoms with E-state index in [0.29, 0.717) is 12.5 Å². The number of nitrogens with zero attached hydrogens (tertiary/aromatic N) is 1. The van der Waals surface area contributed by atoms with Gasteiger partial charge in [-0.1, -0.05) is 13.8 Å². The van der Waals surface area contributed by atoms with Gasteiger partial charge < -0.3 is 15.8 Å². The van der Waals surface area contributed by atoms with Gasteiger partial charge in [0.05, 0.1) is 6.61 Å². The standard InChI is InChI=1S/C17H25N3O/c1-12(2)6-8-21-9-7-19-17-5-4-16(18)15-11-20-13(3)10-14(15)17/h4-5,10-12,19H,6-9,18H2,1-3H3. The number of fused-ring (bicyclic) bond motifs is 1. The van der Waals surface area contributed by atoms with Crippen LogP contribution in [0.15, 0.2) is 24.4 Å². The van der Waals surface area contributed by atoms with Gasteiger partial charge in [0.15, 0.2) is 0 Å². The number of nitrogen functional groups attached to an aromatic ring is 1. The number of hydrogen-bond acceptors (Lipinski definition) is 4. The minimum Gasteiger partial charge on any atom is -0.398 e. The monoisotopic (exact) mass is 287 g/mol. The number of aryl methyl sites for hydroxylation is 1. The third-order valence-corrected chi connectivity index (χ3v) is 3.47. The van der Waals surface area contributed by atoms with E-state index in [9.17, 15) is 0 Å². The van der Waals surface area contributed by atoms with Crippen molar-refractivity contribution < 1.29 is 4.74 Å². The Labute approximate surface area is 126 Å². The molecule has 0 spiro atoms. The van der Waals surface area contributed by atoms with Crippen molar-refractivity contribution in [3.05, 3.63) is 30.1 Å². The van der Waals surface area contributed by atoms with Crippen LogP contribution in [0.5, 0.6) is 0 Å². The van der Waals surface area contributed by atoms with Crippen molar-refractivity contribution in [3.63, 3.8) is 0 Å². The van der Waals surface area contributed by atoms with Gasteiger partial charge in [0, 0.05) is 47.2 Å². The molecule has 3 N–H and O–H groups in total. The van der Waals surface area contributed by atoms with E-state index in [1.165, 1.54) is 0 Å². The second-order valence-corrected chi connectivity index (χ2v) is 5.80. The van der Waals surface area contributed by atoms with E-state index in [-0.39, 0.29) is 0 Å². The summed E-state index contributed by atoms with van der Waals surface area (Å²) in [5.41, 5.74) is 8.84. The van der Waals surface area contributed by atoms with Gasteiger partial charge in [0.1, 0.15) is 0 Å². The van der Waals surface area contributed by atoms with Crippen LogP contribution < -0.4 is 11.1 Å². The molecule has 0 aliphatic rings. The largest absolute Gasteiger partial charge is 0.398 e. The van der Waals surface area contributed by atoms with Gasteiger partial charge in [-0.3, -0.25) is 4.98 Å². The number of pyridine rings is 1. The molecule has 4 heteroatoms. The molecular weight excluding hydrogens is 262 g/mol. The molecule has 0 atom stereocenters. The van der Waals surface area contributed by atoms with Crippen LogP contribution in [0.1, 0.15) is 26.0 Å². The highest BCUT2D eigenvalue weighted by atomic mass is 16.5. The van der Waals surface area contributed by atoms with Crippen molar-refractivity contribution in [2.24, 2.45) is 5.92 Å². The number of nitrogens with two attached hydrogens (primary N) is 1. The van der Waals surface area contributed by atoms with Crippen LogP contribution in [0.25, 0.3) is 10.8 Å². The van der Waals surface area contributed by atoms with E-state index in [1.807, 2.05) is 25.3 Å². The van der Waals surface area contributed by atoms with Gasteiger partial charge in [0.25, 0.3) is 0 Å².